The maximum absolute atomic E-state index is 11.4. The molecule has 0 atom stereocenters. The molecule has 0 aromatic heterocycles. The molecule has 0 spiro atoms. The van der Waals surface area contributed by atoms with Gasteiger partial charge in [-0.15, -0.1) is 0 Å². The fourth-order valence-corrected chi connectivity index (χ4v) is 2.24. The fourth-order valence-electron chi connectivity index (χ4n) is 2.24. The molecule has 1 aliphatic rings. The third-order valence-corrected chi connectivity index (χ3v) is 3.23. The van der Waals surface area contributed by atoms with Crippen LogP contribution in [0.4, 0.5) is 5.69 Å². The second kappa shape index (κ2) is 6.13. The lowest BCUT2D eigenvalue weighted by Gasteiger charge is -2.27. The van der Waals surface area contributed by atoms with E-state index in [0.717, 1.165) is 0 Å². The molecule has 3 N–H and O–H groups in total. The van der Waals surface area contributed by atoms with Gasteiger partial charge in [0.05, 0.1) is 17.6 Å². The summed E-state index contributed by atoms with van der Waals surface area (Å²) in [6.07, 6.45) is 1.90. The molecule has 1 heterocycles. The predicted molar refractivity (Wildman–Crippen MR) is 76.1 cm³/mol. The van der Waals surface area contributed by atoms with Gasteiger partial charge in [-0.2, -0.15) is 0 Å². The molecule has 1 aromatic rings. The minimum atomic E-state index is -1.35. The summed E-state index contributed by atoms with van der Waals surface area (Å²) in [5.41, 5.74) is 0.0334. The number of para-hydroxylation sites is 1. The van der Waals surface area contributed by atoms with E-state index in [-0.39, 0.29) is 11.1 Å². The Hall–Kier alpha value is -3.09. The first-order chi connectivity index (χ1) is 10.4. The molecule has 22 heavy (non-hydrogen) atoms. The van der Waals surface area contributed by atoms with Crippen molar-refractivity contribution < 1.29 is 29.7 Å². The highest BCUT2D eigenvalue weighted by molar-refractivity contribution is 5.97. The lowest BCUT2D eigenvalue weighted by molar-refractivity contribution is -0.138. The Morgan fingerprint density at radius 3 is 1.82 bits per heavy atom. The van der Waals surface area contributed by atoms with Crippen LogP contribution in [0.25, 0.3) is 0 Å². The number of carboxylic acids is 3. The van der Waals surface area contributed by atoms with E-state index in [9.17, 15) is 24.6 Å². The van der Waals surface area contributed by atoms with Crippen LogP contribution in [-0.2, 0) is 14.4 Å². The summed E-state index contributed by atoms with van der Waals surface area (Å²) in [4.78, 5) is 35.0. The van der Waals surface area contributed by atoms with Crippen LogP contribution in [0.1, 0.15) is 6.42 Å². The normalized spacial score (nSPS) is 15.0. The molecular weight excluding hydrogens is 290 g/mol. The minimum absolute atomic E-state index is 0.272. The maximum atomic E-state index is 11.4. The van der Waals surface area contributed by atoms with Crippen LogP contribution in [-0.4, -0.2) is 33.2 Å². The summed E-state index contributed by atoms with van der Waals surface area (Å²) in [6.45, 7) is 0. The van der Waals surface area contributed by atoms with Crippen LogP contribution in [0, 0.1) is 5.92 Å². The van der Waals surface area contributed by atoms with Gasteiger partial charge in [-0.05, 0) is 12.1 Å². The van der Waals surface area contributed by atoms with Crippen LogP contribution >= 0.6 is 0 Å². The maximum Gasteiger partial charge on any atom is 0.333 e. The molecule has 0 fully saturated rings. The van der Waals surface area contributed by atoms with Gasteiger partial charge < -0.3 is 20.2 Å². The van der Waals surface area contributed by atoms with Crippen molar-refractivity contribution in [3.8, 4) is 0 Å². The van der Waals surface area contributed by atoms with Gasteiger partial charge in [-0.25, -0.2) is 9.59 Å². The van der Waals surface area contributed by atoms with Gasteiger partial charge in [0.2, 0.25) is 0 Å². The summed E-state index contributed by atoms with van der Waals surface area (Å²) >= 11 is 0. The largest absolute Gasteiger partial charge is 0.481 e. The average molecular weight is 303 g/mol. The summed E-state index contributed by atoms with van der Waals surface area (Å²) in [6, 6.07) is 8.58. The van der Waals surface area contributed by atoms with Crippen molar-refractivity contribution in [2.24, 2.45) is 5.92 Å². The van der Waals surface area contributed by atoms with E-state index in [1.165, 1.54) is 17.3 Å². The highest BCUT2D eigenvalue weighted by atomic mass is 16.4. The van der Waals surface area contributed by atoms with Crippen molar-refractivity contribution in [3.05, 3.63) is 53.9 Å². The molecule has 1 aliphatic heterocycles. The number of carbonyl (C=O) groups is 3. The molecule has 2 rings (SSSR count). The predicted octanol–water partition coefficient (Wildman–Crippen LogP) is 1.53. The van der Waals surface area contributed by atoms with Gasteiger partial charge in [0.1, 0.15) is 0 Å². The molecule has 7 heteroatoms. The van der Waals surface area contributed by atoms with Crippen LogP contribution in [0.3, 0.4) is 0 Å². The first-order valence-electron chi connectivity index (χ1n) is 6.35. The summed E-state index contributed by atoms with van der Waals surface area (Å²) in [7, 11) is 0. The van der Waals surface area contributed by atoms with Crippen molar-refractivity contribution >= 4 is 23.6 Å². The number of hydrogen-bond acceptors (Lipinski definition) is 4. The zero-order valence-corrected chi connectivity index (χ0v) is 11.3. The molecule has 7 nitrogen and oxygen atoms in total. The Balaban J connectivity index is 2.51. The third kappa shape index (κ3) is 3.14. The Bertz CT molecular complexity index is 645. The highest BCUT2D eigenvalue weighted by Gasteiger charge is 2.34. The highest BCUT2D eigenvalue weighted by Crippen LogP contribution is 2.32. The number of aliphatic carboxylic acids is 3. The fraction of sp³-hybridized carbons (Fsp3) is 0.133. The van der Waals surface area contributed by atoms with Crippen molar-refractivity contribution in [3.63, 3.8) is 0 Å². The molecule has 0 saturated heterocycles. The van der Waals surface area contributed by atoms with Crippen molar-refractivity contribution in [2.45, 2.75) is 6.42 Å². The molecule has 0 saturated carbocycles. The Morgan fingerprint density at radius 1 is 0.909 bits per heavy atom. The van der Waals surface area contributed by atoms with Crippen molar-refractivity contribution in [1.29, 1.82) is 0 Å². The Morgan fingerprint density at radius 2 is 1.41 bits per heavy atom. The Kier molecular flexibility index (Phi) is 4.26. The molecule has 1 aromatic carbocycles. The van der Waals surface area contributed by atoms with E-state index in [1.807, 2.05) is 0 Å². The molecule has 114 valence electrons. The van der Waals surface area contributed by atoms with E-state index >= 15 is 0 Å². The first-order valence-corrected chi connectivity index (χ1v) is 6.35. The van der Waals surface area contributed by atoms with Crippen LogP contribution in [0.2, 0.25) is 0 Å². The SMILES string of the molecule is O=C(O)CC1C(C(=O)O)=CN(c2ccccc2)C=C1C(=O)O. The van der Waals surface area contributed by atoms with Gasteiger partial charge in [0.25, 0.3) is 0 Å². The number of anilines is 1. The van der Waals surface area contributed by atoms with E-state index < -0.39 is 30.2 Å². The number of rotatable bonds is 5. The summed E-state index contributed by atoms with van der Waals surface area (Å²) in [5.74, 6) is -5.16. The van der Waals surface area contributed by atoms with Crippen LogP contribution in [0.15, 0.2) is 53.9 Å². The summed E-state index contributed by atoms with van der Waals surface area (Å²) in [5, 5.41) is 27.4. The second-order valence-corrected chi connectivity index (χ2v) is 4.67. The molecule has 0 unspecified atom stereocenters. The van der Waals surface area contributed by atoms with E-state index in [2.05, 4.69) is 0 Å². The van der Waals surface area contributed by atoms with Crippen molar-refractivity contribution in [1.82, 2.24) is 0 Å². The zero-order chi connectivity index (χ0) is 16.3. The topological polar surface area (TPSA) is 115 Å². The average Bonchev–Trinajstić information content (AvgIpc) is 2.47. The van der Waals surface area contributed by atoms with E-state index in [0.29, 0.717) is 5.69 Å². The molecule has 0 amide bonds. The molecule has 0 radical (unpaired) electrons. The number of nitrogens with zero attached hydrogens (tertiary/aromatic N) is 1. The standard InChI is InChI=1S/C15H13NO6/c17-13(18)6-10-11(14(19)20)7-16(8-12(10)15(21)22)9-4-2-1-3-5-9/h1-5,7-8,10H,6H2,(H,17,18)(H,19,20)(H,21,22). The lowest BCUT2D eigenvalue weighted by atomic mass is 9.86. The molecule has 0 bridgehead atoms. The van der Waals surface area contributed by atoms with Crippen LogP contribution in [0.5, 0.6) is 0 Å². The quantitative estimate of drug-likeness (QED) is 0.755. The van der Waals surface area contributed by atoms with Gasteiger partial charge in [-0.3, -0.25) is 4.79 Å². The second-order valence-electron chi connectivity index (χ2n) is 4.67. The summed E-state index contributed by atoms with van der Waals surface area (Å²) < 4.78 is 0. The first kappa shape index (κ1) is 15.3. The minimum Gasteiger partial charge on any atom is -0.481 e. The molecular formula is C15H13NO6. The third-order valence-electron chi connectivity index (χ3n) is 3.23. The van der Waals surface area contributed by atoms with E-state index in [1.54, 1.807) is 30.3 Å². The van der Waals surface area contributed by atoms with Gasteiger partial charge in [0.15, 0.2) is 0 Å². The Labute approximate surface area is 125 Å². The zero-order valence-electron chi connectivity index (χ0n) is 11.3. The van der Waals surface area contributed by atoms with Crippen molar-refractivity contribution in [2.75, 3.05) is 4.90 Å². The number of benzene rings is 1. The number of carboxylic acid groups (broad SMARTS) is 3. The van der Waals surface area contributed by atoms with Gasteiger partial charge in [0, 0.05) is 24.0 Å². The smallest absolute Gasteiger partial charge is 0.333 e. The lowest BCUT2D eigenvalue weighted by Crippen LogP contribution is -2.30. The monoisotopic (exact) mass is 303 g/mol. The molecule has 0 aliphatic carbocycles. The van der Waals surface area contributed by atoms with E-state index in [4.69, 9.17) is 5.11 Å². The van der Waals surface area contributed by atoms with Gasteiger partial charge in [-0.1, -0.05) is 18.2 Å². The van der Waals surface area contributed by atoms with Crippen LogP contribution < -0.4 is 4.90 Å². The number of hydrogen-bond donors (Lipinski definition) is 3. The van der Waals surface area contributed by atoms with Gasteiger partial charge >= 0.3 is 17.9 Å².